The van der Waals surface area contributed by atoms with Gasteiger partial charge in [-0.2, -0.15) is 18.4 Å². The van der Waals surface area contributed by atoms with E-state index in [0.717, 1.165) is 19.3 Å². The first kappa shape index (κ1) is 35.3. The minimum Gasteiger partial charge on any atom is -0.496 e. The highest BCUT2D eigenvalue weighted by molar-refractivity contribution is 5.98. The maximum atomic E-state index is 13.8. The number of alkyl halides is 3. The average Bonchev–Trinajstić information content (AvgIpc) is 3.35. The van der Waals surface area contributed by atoms with Gasteiger partial charge >= 0.3 is 12.1 Å². The lowest BCUT2D eigenvalue weighted by Gasteiger charge is -2.39. The number of nitrogens with one attached hydrogen (secondary N) is 2. The molecule has 1 saturated heterocycles. The summed E-state index contributed by atoms with van der Waals surface area (Å²) in [6.45, 7) is 5.82. The molecule has 3 fully saturated rings. The summed E-state index contributed by atoms with van der Waals surface area (Å²) < 4.78 is 51.2. The second-order valence-corrected chi connectivity index (χ2v) is 13.7. The summed E-state index contributed by atoms with van der Waals surface area (Å²) in [5.41, 5.74) is -0.688. The third-order valence-electron chi connectivity index (χ3n) is 10.2. The molecule has 3 aliphatic rings. The Morgan fingerprint density at radius 2 is 1.80 bits per heavy atom. The Hall–Kier alpha value is -3.53. The molecular weight excluding hydrogens is 605 g/mol. The number of ether oxygens (including phenoxy) is 2. The van der Waals surface area contributed by atoms with Gasteiger partial charge in [0.2, 0.25) is 5.91 Å². The molecule has 0 unspecified atom stereocenters. The fourth-order valence-corrected chi connectivity index (χ4v) is 6.98. The van der Waals surface area contributed by atoms with Gasteiger partial charge in [0, 0.05) is 31.7 Å². The van der Waals surface area contributed by atoms with Crippen LogP contribution in [0.3, 0.4) is 0 Å². The third-order valence-corrected chi connectivity index (χ3v) is 10.2. The van der Waals surface area contributed by atoms with Gasteiger partial charge in [-0.1, -0.05) is 20.3 Å². The van der Waals surface area contributed by atoms with Crippen LogP contribution in [0.25, 0.3) is 0 Å². The Balaban J connectivity index is 1.56. The lowest BCUT2D eigenvalue weighted by molar-refractivity contribution is -0.150. The van der Waals surface area contributed by atoms with Gasteiger partial charge in [-0.25, -0.2) is 0 Å². The van der Waals surface area contributed by atoms with Crippen LogP contribution in [0.5, 0.6) is 11.5 Å². The van der Waals surface area contributed by atoms with Gasteiger partial charge in [-0.05, 0) is 63.4 Å². The van der Waals surface area contributed by atoms with E-state index in [1.807, 2.05) is 6.92 Å². The van der Waals surface area contributed by atoms with Crippen LogP contribution in [-0.4, -0.2) is 78.9 Å². The smallest absolute Gasteiger partial charge is 0.390 e. The Labute approximate surface area is 268 Å². The van der Waals surface area contributed by atoms with Gasteiger partial charge in [0.25, 0.3) is 5.91 Å². The molecule has 0 bridgehead atoms. The fourth-order valence-electron chi connectivity index (χ4n) is 6.98. The first-order chi connectivity index (χ1) is 21.6. The number of rotatable bonds is 12. The number of methoxy groups -OCH3 is 1. The Kier molecular flexibility index (Phi) is 10.8. The highest BCUT2D eigenvalue weighted by Crippen LogP contribution is 2.41. The lowest BCUT2D eigenvalue weighted by Crippen LogP contribution is -2.50. The van der Waals surface area contributed by atoms with E-state index in [0.29, 0.717) is 38.6 Å². The van der Waals surface area contributed by atoms with E-state index in [4.69, 9.17) is 9.47 Å². The predicted octanol–water partition coefficient (Wildman–Crippen LogP) is 5.05. The Bertz CT molecular complexity index is 1330. The molecule has 2 saturated carbocycles. The van der Waals surface area contributed by atoms with Crippen molar-refractivity contribution in [3.8, 4) is 17.6 Å². The second-order valence-electron chi connectivity index (χ2n) is 13.7. The van der Waals surface area contributed by atoms with Crippen molar-refractivity contribution in [3.05, 3.63) is 23.3 Å². The van der Waals surface area contributed by atoms with Crippen LogP contribution in [-0.2, 0) is 9.59 Å². The molecule has 1 aliphatic heterocycles. The van der Waals surface area contributed by atoms with Crippen LogP contribution in [0.2, 0.25) is 0 Å². The molecule has 2 amide bonds. The molecule has 1 heterocycles. The molecule has 10 nitrogen and oxygen atoms in total. The number of hydrogen-bond acceptors (Lipinski definition) is 7. The van der Waals surface area contributed by atoms with Gasteiger partial charge in [-0.3, -0.25) is 19.3 Å². The second kappa shape index (κ2) is 14.1. The monoisotopic (exact) mass is 650 g/mol. The normalized spacial score (nSPS) is 27.6. The van der Waals surface area contributed by atoms with E-state index in [1.54, 1.807) is 11.8 Å². The zero-order valence-electron chi connectivity index (χ0n) is 27.0. The molecular formula is C33H45F3N4O6. The van der Waals surface area contributed by atoms with Crippen molar-refractivity contribution in [1.29, 1.82) is 5.26 Å². The van der Waals surface area contributed by atoms with Crippen molar-refractivity contribution in [2.24, 2.45) is 16.7 Å². The number of hydrogen-bond donors (Lipinski definition) is 3. The van der Waals surface area contributed by atoms with Crippen LogP contribution in [0.1, 0.15) is 94.5 Å². The number of carbonyl (C=O) groups excluding carboxylic acids is 2. The number of carboxylic acid groups (broad SMARTS) is 1. The van der Waals surface area contributed by atoms with Crippen molar-refractivity contribution in [3.63, 3.8) is 0 Å². The first-order valence-corrected chi connectivity index (χ1v) is 16.0. The molecule has 4 rings (SSSR count). The molecule has 1 aromatic carbocycles. The van der Waals surface area contributed by atoms with Crippen LogP contribution >= 0.6 is 0 Å². The van der Waals surface area contributed by atoms with E-state index in [1.165, 1.54) is 19.2 Å². The Morgan fingerprint density at radius 3 is 2.33 bits per heavy atom. The van der Waals surface area contributed by atoms with Crippen LogP contribution in [0.15, 0.2) is 12.1 Å². The van der Waals surface area contributed by atoms with E-state index < -0.39 is 47.9 Å². The number of likely N-dealkylation sites (tertiary alicyclic amines) is 1. The van der Waals surface area contributed by atoms with Crippen molar-refractivity contribution < 1.29 is 42.1 Å². The molecule has 0 spiro atoms. The summed E-state index contributed by atoms with van der Waals surface area (Å²) in [6.07, 6.45) is -0.615. The van der Waals surface area contributed by atoms with Gasteiger partial charge in [0.15, 0.2) is 0 Å². The highest BCUT2D eigenvalue weighted by Gasteiger charge is 2.47. The molecule has 13 heteroatoms. The van der Waals surface area contributed by atoms with E-state index in [-0.39, 0.29) is 53.1 Å². The molecule has 3 N–H and O–H groups in total. The summed E-state index contributed by atoms with van der Waals surface area (Å²) in [4.78, 5) is 40.7. The summed E-state index contributed by atoms with van der Waals surface area (Å²) in [5.74, 6) is -2.33. The predicted molar refractivity (Wildman–Crippen MR) is 162 cm³/mol. The van der Waals surface area contributed by atoms with Gasteiger partial charge in [-0.15, -0.1) is 0 Å². The van der Waals surface area contributed by atoms with Gasteiger partial charge in [0.1, 0.15) is 17.6 Å². The number of carboxylic acids is 1. The average molecular weight is 651 g/mol. The highest BCUT2D eigenvalue weighted by atomic mass is 19.4. The minimum absolute atomic E-state index is 0.0124. The van der Waals surface area contributed by atoms with Gasteiger partial charge < -0.3 is 25.2 Å². The SMILES string of the molecule is CC[C@H]1[C@@H](C(=O)NCC2(C)CCC2)[C@@H](NC(=O)c2cc(OC3CCC(C)(C(=O)O)CC3)c(C#N)cc2OC)CN1CCC(F)(F)F. The molecule has 2 aliphatic carbocycles. The fraction of sp³-hybridized carbons (Fsp3) is 0.697. The third kappa shape index (κ3) is 8.06. The largest absolute Gasteiger partial charge is 0.496 e. The van der Waals surface area contributed by atoms with Crippen molar-refractivity contribution in [2.45, 2.75) is 103 Å². The molecule has 1 aromatic rings. The number of aliphatic carboxylic acids is 1. The van der Waals surface area contributed by atoms with Crippen LogP contribution < -0.4 is 20.1 Å². The number of halogens is 3. The molecule has 46 heavy (non-hydrogen) atoms. The van der Waals surface area contributed by atoms with Crippen molar-refractivity contribution in [2.75, 3.05) is 26.7 Å². The van der Waals surface area contributed by atoms with Gasteiger partial charge in [0.05, 0.1) is 48.1 Å². The molecule has 3 atom stereocenters. The lowest BCUT2D eigenvalue weighted by atomic mass is 9.70. The first-order valence-electron chi connectivity index (χ1n) is 16.0. The number of nitrogens with zero attached hydrogens (tertiary/aromatic N) is 2. The van der Waals surface area contributed by atoms with Crippen molar-refractivity contribution in [1.82, 2.24) is 15.5 Å². The molecule has 0 aromatic heterocycles. The molecule has 254 valence electrons. The van der Waals surface area contributed by atoms with E-state index in [2.05, 4.69) is 23.6 Å². The summed E-state index contributed by atoms with van der Waals surface area (Å²) in [7, 11) is 1.35. The summed E-state index contributed by atoms with van der Waals surface area (Å²) in [6, 6.07) is 3.55. The maximum Gasteiger partial charge on any atom is 0.390 e. The zero-order valence-corrected chi connectivity index (χ0v) is 27.0. The summed E-state index contributed by atoms with van der Waals surface area (Å²) >= 11 is 0. The standard InChI is InChI=1S/C33H45F3N4O6/c1-5-24-27(29(42)38-19-31(2)9-6-10-31)23(18-40(24)14-13-33(34,35)36)39-28(41)22-16-25(20(17-37)15-26(22)45-4)46-21-7-11-32(3,12-8-21)30(43)44/h15-16,21,23-24,27H,5-14,18-19H2,1-4H3,(H,38,42)(H,39,41)(H,43,44)/t21?,23-,24-,27-,32?/m0/s1. The van der Waals surface area contributed by atoms with E-state index in [9.17, 15) is 37.9 Å². The summed E-state index contributed by atoms with van der Waals surface area (Å²) in [5, 5.41) is 25.3. The topological polar surface area (TPSA) is 141 Å². The van der Waals surface area contributed by atoms with Crippen LogP contribution in [0.4, 0.5) is 13.2 Å². The number of nitriles is 1. The van der Waals surface area contributed by atoms with Crippen molar-refractivity contribution >= 4 is 17.8 Å². The van der Waals surface area contributed by atoms with Crippen LogP contribution in [0, 0.1) is 28.1 Å². The Morgan fingerprint density at radius 1 is 1.13 bits per heavy atom. The number of amides is 2. The zero-order chi connectivity index (χ0) is 33.9. The quantitative estimate of drug-likeness (QED) is 0.286. The van der Waals surface area contributed by atoms with E-state index >= 15 is 0 Å². The number of carbonyl (C=O) groups is 3. The molecule has 0 radical (unpaired) electrons. The number of benzene rings is 1. The minimum atomic E-state index is -4.37. The maximum absolute atomic E-state index is 13.8.